The van der Waals surface area contributed by atoms with Crippen LogP contribution < -0.4 is 0 Å². The molecule has 94 valence electrons. The second kappa shape index (κ2) is 5.46. The standard InChI is InChI=1S/C13H13NO4/c1-16-8-10-11(13(15)17-2)12(14-18-10)9-6-4-3-5-7-9/h3-7H,8H2,1-2H3. The smallest absolute Gasteiger partial charge is 0.343 e. The summed E-state index contributed by atoms with van der Waals surface area (Å²) in [5.41, 5.74) is 1.57. The number of rotatable bonds is 4. The Morgan fingerprint density at radius 3 is 2.61 bits per heavy atom. The molecule has 0 bridgehead atoms. The van der Waals surface area contributed by atoms with Crippen LogP contribution in [0.5, 0.6) is 0 Å². The van der Waals surface area contributed by atoms with Crippen molar-refractivity contribution in [3.8, 4) is 11.3 Å². The van der Waals surface area contributed by atoms with Gasteiger partial charge in [0.25, 0.3) is 0 Å². The second-order valence-electron chi connectivity index (χ2n) is 3.62. The average molecular weight is 247 g/mol. The van der Waals surface area contributed by atoms with Crippen molar-refractivity contribution in [3.05, 3.63) is 41.7 Å². The number of carbonyl (C=O) groups excluding carboxylic acids is 1. The van der Waals surface area contributed by atoms with Gasteiger partial charge in [-0.25, -0.2) is 4.79 Å². The first-order valence-electron chi connectivity index (χ1n) is 5.39. The maximum Gasteiger partial charge on any atom is 0.343 e. The number of hydrogen-bond acceptors (Lipinski definition) is 5. The predicted octanol–water partition coefficient (Wildman–Crippen LogP) is 2.27. The van der Waals surface area contributed by atoms with Crippen molar-refractivity contribution in [1.82, 2.24) is 5.16 Å². The Hall–Kier alpha value is -2.14. The largest absolute Gasteiger partial charge is 0.465 e. The molecule has 0 amide bonds. The van der Waals surface area contributed by atoms with Gasteiger partial charge in [-0.05, 0) is 0 Å². The maximum absolute atomic E-state index is 11.8. The summed E-state index contributed by atoms with van der Waals surface area (Å²) < 4.78 is 14.9. The molecule has 1 aromatic heterocycles. The van der Waals surface area contributed by atoms with Gasteiger partial charge in [-0.2, -0.15) is 0 Å². The first-order valence-corrected chi connectivity index (χ1v) is 5.39. The maximum atomic E-state index is 11.8. The Morgan fingerprint density at radius 1 is 1.28 bits per heavy atom. The van der Waals surface area contributed by atoms with Gasteiger partial charge in [0, 0.05) is 12.7 Å². The first kappa shape index (κ1) is 12.3. The number of esters is 1. The van der Waals surface area contributed by atoms with Crippen LogP contribution in [-0.4, -0.2) is 25.3 Å². The normalized spacial score (nSPS) is 10.3. The second-order valence-corrected chi connectivity index (χ2v) is 3.62. The molecule has 1 aromatic carbocycles. The van der Waals surface area contributed by atoms with Gasteiger partial charge in [-0.1, -0.05) is 35.5 Å². The van der Waals surface area contributed by atoms with Crippen LogP contribution in [0, 0.1) is 0 Å². The molecular weight excluding hydrogens is 234 g/mol. The number of carbonyl (C=O) groups is 1. The van der Waals surface area contributed by atoms with E-state index >= 15 is 0 Å². The van der Waals surface area contributed by atoms with Gasteiger partial charge in [0.15, 0.2) is 5.76 Å². The van der Waals surface area contributed by atoms with E-state index in [0.717, 1.165) is 5.56 Å². The van der Waals surface area contributed by atoms with Gasteiger partial charge in [-0.3, -0.25) is 0 Å². The molecule has 0 unspecified atom stereocenters. The molecule has 2 rings (SSSR count). The molecule has 0 N–H and O–H groups in total. The number of benzene rings is 1. The van der Waals surface area contributed by atoms with E-state index in [4.69, 9.17) is 14.0 Å². The minimum Gasteiger partial charge on any atom is -0.465 e. The lowest BCUT2D eigenvalue weighted by Crippen LogP contribution is -2.05. The highest BCUT2D eigenvalue weighted by molar-refractivity contribution is 5.97. The third-order valence-corrected chi connectivity index (χ3v) is 2.47. The summed E-state index contributed by atoms with van der Waals surface area (Å²) in [4.78, 5) is 11.8. The molecule has 0 saturated carbocycles. The van der Waals surface area contributed by atoms with Crippen LogP contribution >= 0.6 is 0 Å². The van der Waals surface area contributed by atoms with Crippen molar-refractivity contribution in [2.75, 3.05) is 14.2 Å². The lowest BCUT2D eigenvalue weighted by Gasteiger charge is -2.01. The minimum absolute atomic E-state index is 0.171. The average Bonchev–Trinajstić information content (AvgIpc) is 2.83. The highest BCUT2D eigenvalue weighted by atomic mass is 16.5. The lowest BCUT2D eigenvalue weighted by molar-refractivity contribution is 0.0593. The Labute approximate surface area is 104 Å². The third kappa shape index (κ3) is 2.26. The van der Waals surface area contributed by atoms with Crippen LogP contribution in [0.3, 0.4) is 0 Å². The zero-order valence-electron chi connectivity index (χ0n) is 10.2. The number of aromatic nitrogens is 1. The molecule has 0 aliphatic rings. The van der Waals surface area contributed by atoms with E-state index in [1.807, 2.05) is 30.3 Å². The fourth-order valence-electron chi connectivity index (χ4n) is 1.66. The number of hydrogen-bond donors (Lipinski definition) is 0. The fourth-order valence-corrected chi connectivity index (χ4v) is 1.66. The molecule has 2 aromatic rings. The summed E-state index contributed by atoms with van der Waals surface area (Å²) in [5, 5.41) is 3.92. The quantitative estimate of drug-likeness (QED) is 0.775. The van der Waals surface area contributed by atoms with Crippen LogP contribution in [-0.2, 0) is 16.1 Å². The van der Waals surface area contributed by atoms with Gasteiger partial charge in [0.05, 0.1) is 7.11 Å². The van der Waals surface area contributed by atoms with Gasteiger partial charge >= 0.3 is 5.97 Å². The summed E-state index contributed by atoms with van der Waals surface area (Å²) in [5.74, 6) is -0.120. The topological polar surface area (TPSA) is 61.6 Å². The molecule has 0 atom stereocenters. The van der Waals surface area contributed by atoms with Gasteiger partial charge in [0.1, 0.15) is 17.9 Å². The summed E-state index contributed by atoms with van der Waals surface area (Å²) in [6.45, 7) is 0.171. The van der Waals surface area contributed by atoms with E-state index in [9.17, 15) is 4.79 Å². The van der Waals surface area contributed by atoms with E-state index in [-0.39, 0.29) is 6.61 Å². The highest BCUT2D eigenvalue weighted by Crippen LogP contribution is 2.26. The number of nitrogens with zero attached hydrogens (tertiary/aromatic N) is 1. The highest BCUT2D eigenvalue weighted by Gasteiger charge is 2.24. The van der Waals surface area contributed by atoms with Crippen LogP contribution in [0.25, 0.3) is 11.3 Å². The van der Waals surface area contributed by atoms with Crippen molar-refractivity contribution < 1.29 is 18.8 Å². The molecule has 0 saturated heterocycles. The molecule has 0 spiro atoms. The van der Waals surface area contributed by atoms with Crippen molar-refractivity contribution in [1.29, 1.82) is 0 Å². The van der Waals surface area contributed by atoms with Gasteiger partial charge in [0.2, 0.25) is 0 Å². The van der Waals surface area contributed by atoms with E-state index in [1.165, 1.54) is 14.2 Å². The Bertz CT molecular complexity index is 533. The van der Waals surface area contributed by atoms with Crippen LogP contribution in [0.4, 0.5) is 0 Å². The summed E-state index contributed by atoms with van der Waals surface area (Å²) in [7, 11) is 2.84. The lowest BCUT2D eigenvalue weighted by atomic mass is 10.1. The Balaban J connectivity index is 2.51. The van der Waals surface area contributed by atoms with Crippen LogP contribution in [0.1, 0.15) is 16.1 Å². The van der Waals surface area contributed by atoms with Gasteiger partial charge < -0.3 is 14.0 Å². The molecule has 0 aliphatic carbocycles. The van der Waals surface area contributed by atoms with Gasteiger partial charge in [-0.15, -0.1) is 0 Å². The van der Waals surface area contributed by atoms with E-state index in [0.29, 0.717) is 17.0 Å². The Morgan fingerprint density at radius 2 is 2.00 bits per heavy atom. The molecule has 5 heteroatoms. The summed E-state index contributed by atoms with van der Waals surface area (Å²) in [6.07, 6.45) is 0. The predicted molar refractivity (Wildman–Crippen MR) is 64.0 cm³/mol. The van der Waals surface area contributed by atoms with Crippen LogP contribution in [0.2, 0.25) is 0 Å². The van der Waals surface area contributed by atoms with E-state index in [2.05, 4.69) is 5.16 Å². The fraction of sp³-hybridized carbons (Fsp3) is 0.231. The molecule has 0 aliphatic heterocycles. The number of ether oxygens (including phenoxy) is 2. The third-order valence-electron chi connectivity index (χ3n) is 2.47. The molecule has 5 nitrogen and oxygen atoms in total. The first-order chi connectivity index (χ1) is 8.77. The Kier molecular flexibility index (Phi) is 3.74. The summed E-state index contributed by atoms with van der Waals surface area (Å²) >= 11 is 0. The zero-order chi connectivity index (χ0) is 13.0. The molecular formula is C13H13NO4. The molecule has 1 heterocycles. The van der Waals surface area contributed by atoms with Crippen molar-refractivity contribution >= 4 is 5.97 Å². The monoisotopic (exact) mass is 247 g/mol. The molecule has 0 fully saturated rings. The molecule has 0 radical (unpaired) electrons. The van der Waals surface area contributed by atoms with Crippen molar-refractivity contribution in [2.45, 2.75) is 6.61 Å². The van der Waals surface area contributed by atoms with E-state index in [1.54, 1.807) is 0 Å². The van der Waals surface area contributed by atoms with Crippen LogP contribution in [0.15, 0.2) is 34.9 Å². The minimum atomic E-state index is -0.484. The summed E-state index contributed by atoms with van der Waals surface area (Å²) in [6, 6.07) is 9.31. The SMILES string of the molecule is COCc1onc(-c2ccccc2)c1C(=O)OC. The number of methoxy groups -OCH3 is 2. The van der Waals surface area contributed by atoms with Crippen molar-refractivity contribution in [3.63, 3.8) is 0 Å². The van der Waals surface area contributed by atoms with E-state index < -0.39 is 5.97 Å². The molecule has 18 heavy (non-hydrogen) atoms. The zero-order valence-corrected chi connectivity index (χ0v) is 10.2. The van der Waals surface area contributed by atoms with Crippen molar-refractivity contribution in [2.24, 2.45) is 0 Å².